The van der Waals surface area contributed by atoms with Crippen molar-refractivity contribution >= 4 is 6.29 Å². The molecule has 2 unspecified atom stereocenters. The van der Waals surface area contributed by atoms with Crippen LogP contribution in [-0.4, -0.2) is 30.6 Å². The molecule has 0 aliphatic heterocycles. The Kier molecular flexibility index (Phi) is 6.82. The molecule has 0 amide bonds. The quantitative estimate of drug-likeness (QED) is 0.584. The van der Waals surface area contributed by atoms with E-state index in [1.165, 1.54) is 0 Å². The maximum absolute atomic E-state index is 10.5. The first-order chi connectivity index (χ1) is 6.10. The molecule has 0 rings (SSSR count). The van der Waals surface area contributed by atoms with Gasteiger partial charge in [-0.3, -0.25) is 0 Å². The van der Waals surface area contributed by atoms with Crippen molar-refractivity contribution < 1.29 is 9.90 Å². The first kappa shape index (κ1) is 12.6. The van der Waals surface area contributed by atoms with Crippen molar-refractivity contribution in [1.82, 2.24) is 5.32 Å². The van der Waals surface area contributed by atoms with Gasteiger partial charge in [-0.15, -0.1) is 0 Å². The standard InChI is InChI=1S/C10H21NO2/c1-8(4-5-9(2)13)6-10(7-12)11-3/h7-11,13H,4-6H2,1-3H3/t8?,9?,10-/m0/s1. The van der Waals surface area contributed by atoms with E-state index in [9.17, 15) is 4.79 Å². The molecule has 0 aromatic heterocycles. The zero-order valence-electron chi connectivity index (χ0n) is 8.79. The minimum atomic E-state index is -0.230. The summed E-state index contributed by atoms with van der Waals surface area (Å²) >= 11 is 0. The Balaban J connectivity index is 3.59. The van der Waals surface area contributed by atoms with Crippen LogP contribution in [0.2, 0.25) is 0 Å². The van der Waals surface area contributed by atoms with Crippen LogP contribution in [0.15, 0.2) is 0 Å². The van der Waals surface area contributed by atoms with Crippen molar-refractivity contribution in [2.45, 2.75) is 45.3 Å². The fourth-order valence-electron chi connectivity index (χ4n) is 1.32. The first-order valence-corrected chi connectivity index (χ1v) is 4.90. The van der Waals surface area contributed by atoms with Gasteiger partial charge >= 0.3 is 0 Å². The predicted octanol–water partition coefficient (Wildman–Crippen LogP) is 0.960. The van der Waals surface area contributed by atoms with Gasteiger partial charge in [-0.1, -0.05) is 6.92 Å². The Labute approximate surface area is 80.5 Å². The Bertz CT molecular complexity index is 137. The Morgan fingerprint density at radius 2 is 2.00 bits per heavy atom. The highest BCUT2D eigenvalue weighted by molar-refractivity contribution is 5.57. The zero-order valence-corrected chi connectivity index (χ0v) is 8.79. The molecule has 0 bridgehead atoms. The summed E-state index contributed by atoms with van der Waals surface area (Å²) < 4.78 is 0. The summed E-state index contributed by atoms with van der Waals surface area (Å²) in [5.74, 6) is 0.484. The van der Waals surface area contributed by atoms with Gasteiger partial charge in [0.25, 0.3) is 0 Å². The summed E-state index contributed by atoms with van der Waals surface area (Å²) in [5, 5.41) is 12.0. The number of aliphatic hydroxyl groups is 1. The van der Waals surface area contributed by atoms with E-state index in [4.69, 9.17) is 5.11 Å². The maximum Gasteiger partial charge on any atom is 0.136 e. The Morgan fingerprint density at radius 3 is 2.38 bits per heavy atom. The largest absolute Gasteiger partial charge is 0.393 e. The van der Waals surface area contributed by atoms with E-state index in [-0.39, 0.29) is 12.1 Å². The fraction of sp³-hybridized carbons (Fsp3) is 0.900. The minimum Gasteiger partial charge on any atom is -0.393 e. The van der Waals surface area contributed by atoms with Crippen molar-refractivity contribution in [3.8, 4) is 0 Å². The topological polar surface area (TPSA) is 49.3 Å². The van der Waals surface area contributed by atoms with Gasteiger partial charge in [0.1, 0.15) is 6.29 Å². The fourth-order valence-corrected chi connectivity index (χ4v) is 1.32. The lowest BCUT2D eigenvalue weighted by molar-refractivity contribution is -0.109. The van der Waals surface area contributed by atoms with Crippen LogP contribution in [0, 0.1) is 5.92 Å². The summed E-state index contributed by atoms with van der Waals surface area (Å²) in [6.45, 7) is 3.90. The van der Waals surface area contributed by atoms with Crippen LogP contribution in [0.3, 0.4) is 0 Å². The summed E-state index contributed by atoms with van der Waals surface area (Å²) in [6, 6.07) is -0.0380. The van der Waals surface area contributed by atoms with Crippen LogP contribution in [0.5, 0.6) is 0 Å². The van der Waals surface area contributed by atoms with Crippen LogP contribution >= 0.6 is 0 Å². The van der Waals surface area contributed by atoms with E-state index in [1.54, 1.807) is 14.0 Å². The van der Waals surface area contributed by atoms with Crippen molar-refractivity contribution in [2.24, 2.45) is 5.92 Å². The van der Waals surface area contributed by atoms with E-state index in [0.29, 0.717) is 5.92 Å². The SMILES string of the molecule is CN[C@H](C=O)CC(C)CCC(C)O. The number of hydrogen-bond donors (Lipinski definition) is 2. The number of carbonyl (C=O) groups is 1. The van der Waals surface area contributed by atoms with Gasteiger partial charge in [-0.25, -0.2) is 0 Å². The molecule has 3 atom stereocenters. The molecule has 0 heterocycles. The Morgan fingerprint density at radius 1 is 1.38 bits per heavy atom. The van der Waals surface area contributed by atoms with Gasteiger partial charge in [-0.05, 0) is 39.2 Å². The van der Waals surface area contributed by atoms with E-state index >= 15 is 0 Å². The Hall–Kier alpha value is -0.410. The van der Waals surface area contributed by atoms with Crippen LogP contribution in [0.1, 0.15) is 33.1 Å². The van der Waals surface area contributed by atoms with E-state index < -0.39 is 0 Å². The molecule has 0 aliphatic rings. The van der Waals surface area contributed by atoms with Gasteiger partial charge in [0.2, 0.25) is 0 Å². The van der Waals surface area contributed by atoms with Crippen molar-refractivity contribution in [1.29, 1.82) is 0 Å². The van der Waals surface area contributed by atoms with Crippen LogP contribution in [0.25, 0.3) is 0 Å². The molecule has 3 heteroatoms. The number of nitrogens with one attached hydrogen (secondary N) is 1. The number of hydrogen-bond acceptors (Lipinski definition) is 3. The molecule has 0 aromatic carbocycles. The number of aldehydes is 1. The average Bonchev–Trinajstić information content (AvgIpc) is 2.10. The smallest absolute Gasteiger partial charge is 0.136 e. The molecule has 2 N–H and O–H groups in total. The van der Waals surface area contributed by atoms with Gasteiger partial charge in [0.15, 0.2) is 0 Å². The lowest BCUT2D eigenvalue weighted by atomic mass is 9.96. The molecule has 0 radical (unpaired) electrons. The van der Waals surface area contributed by atoms with E-state index in [1.807, 2.05) is 0 Å². The highest BCUT2D eigenvalue weighted by Crippen LogP contribution is 2.13. The number of aliphatic hydroxyl groups excluding tert-OH is 1. The second-order valence-electron chi connectivity index (χ2n) is 3.80. The van der Waals surface area contributed by atoms with E-state index in [0.717, 1.165) is 25.5 Å². The third-order valence-corrected chi connectivity index (χ3v) is 2.27. The van der Waals surface area contributed by atoms with Crippen molar-refractivity contribution in [3.05, 3.63) is 0 Å². The molecular weight excluding hydrogens is 166 g/mol. The summed E-state index contributed by atoms with van der Waals surface area (Å²) in [6.07, 6.45) is 3.36. The lowest BCUT2D eigenvalue weighted by Gasteiger charge is -2.16. The van der Waals surface area contributed by atoms with Gasteiger partial charge < -0.3 is 15.2 Å². The monoisotopic (exact) mass is 187 g/mol. The molecular formula is C10H21NO2. The van der Waals surface area contributed by atoms with Crippen molar-refractivity contribution in [3.63, 3.8) is 0 Å². The normalized spacial score (nSPS) is 17.8. The van der Waals surface area contributed by atoms with Crippen LogP contribution in [0.4, 0.5) is 0 Å². The summed E-state index contributed by atoms with van der Waals surface area (Å²) in [5.41, 5.74) is 0. The minimum absolute atomic E-state index is 0.0380. The predicted molar refractivity (Wildman–Crippen MR) is 53.6 cm³/mol. The average molecular weight is 187 g/mol. The number of likely N-dealkylation sites (N-methyl/N-ethyl adjacent to an activating group) is 1. The second kappa shape index (κ2) is 7.04. The van der Waals surface area contributed by atoms with E-state index in [2.05, 4.69) is 12.2 Å². The third kappa shape index (κ3) is 6.72. The highest BCUT2D eigenvalue weighted by atomic mass is 16.3. The first-order valence-electron chi connectivity index (χ1n) is 4.90. The van der Waals surface area contributed by atoms with Crippen LogP contribution < -0.4 is 5.32 Å². The summed E-state index contributed by atoms with van der Waals surface area (Å²) in [4.78, 5) is 10.5. The third-order valence-electron chi connectivity index (χ3n) is 2.27. The molecule has 13 heavy (non-hydrogen) atoms. The number of rotatable bonds is 7. The van der Waals surface area contributed by atoms with Gasteiger partial charge in [0, 0.05) is 0 Å². The molecule has 0 fully saturated rings. The van der Waals surface area contributed by atoms with Crippen LogP contribution in [-0.2, 0) is 4.79 Å². The summed E-state index contributed by atoms with van der Waals surface area (Å²) in [7, 11) is 1.79. The molecule has 0 saturated carbocycles. The molecule has 78 valence electrons. The van der Waals surface area contributed by atoms with Gasteiger partial charge in [-0.2, -0.15) is 0 Å². The zero-order chi connectivity index (χ0) is 10.3. The molecule has 0 aliphatic carbocycles. The molecule has 0 aromatic rings. The number of carbonyl (C=O) groups excluding carboxylic acids is 1. The second-order valence-corrected chi connectivity index (χ2v) is 3.80. The van der Waals surface area contributed by atoms with Crippen molar-refractivity contribution in [2.75, 3.05) is 7.05 Å². The lowest BCUT2D eigenvalue weighted by Crippen LogP contribution is -2.28. The van der Waals surface area contributed by atoms with Gasteiger partial charge in [0.05, 0.1) is 12.1 Å². The highest BCUT2D eigenvalue weighted by Gasteiger charge is 2.10. The molecule has 0 saturated heterocycles. The maximum atomic E-state index is 10.5. The molecule has 3 nitrogen and oxygen atoms in total. The molecule has 0 spiro atoms.